The lowest BCUT2D eigenvalue weighted by Crippen LogP contribution is -2.45. The minimum atomic E-state index is -1.06. The number of anilines is 1. The number of likely N-dealkylation sites (tertiary alicyclic amines) is 1. The van der Waals surface area contributed by atoms with Gasteiger partial charge in [-0.25, -0.2) is 9.59 Å². The van der Waals surface area contributed by atoms with Crippen LogP contribution in [0.2, 0.25) is 0 Å². The van der Waals surface area contributed by atoms with Crippen molar-refractivity contribution in [3.8, 4) is 6.07 Å². The maximum Gasteiger partial charge on any atom is 0.411 e. The molecule has 1 saturated heterocycles. The van der Waals surface area contributed by atoms with Gasteiger partial charge in [0.2, 0.25) is 0 Å². The number of nitrogens with zero attached hydrogens (tertiary/aromatic N) is 2. The molecule has 8 heteroatoms. The Labute approximate surface area is 164 Å². The Kier molecular flexibility index (Phi) is 6.62. The molecule has 1 fully saturated rings. The molecule has 2 amide bonds. The second-order valence-corrected chi connectivity index (χ2v) is 7.59. The molecule has 1 aromatic carbocycles. The fourth-order valence-electron chi connectivity index (χ4n) is 2.77. The molecule has 0 spiro atoms. The lowest BCUT2D eigenvalue weighted by molar-refractivity contribution is -0.157. The van der Waals surface area contributed by atoms with Crippen LogP contribution >= 0.6 is 0 Å². The fraction of sp³-hybridized carbons (Fsp3) is 0.500. The van der Waals surface area contributed by atoms with Crippen LogP contribution in [-0.4, -0.2) is 47.2 Å². The molecule has 2 rings (SSSR count). The topological polar surface area (TPSA) is 109 Å². The third-order valence-corrected chi connectivity index (χ3v) is 4.07. The molecular weight excluding hydrogens is 362 g/mol. The molecule has 0 unspecified atom stereocenters. The summed E-state index contributed by atoms with van der Waals surface area (Å²) < 4.78 is 10.6. The average Bonchev–Trinajstić information content (AvgIpc) is 3.10. The summed E-state index contributed by atoms with van der Waals surface area (Å²) in [7, 11) is 0. The zero-order valence-corrected chi connectivity index (χ0v) is 16.5. The van der Waals surface area contributed by atoms with Gasteiger partial charge < -0.3 is 14.8 Å². The average molecular weight is 387 g/mol. The lowest BCUT2D eigenvalue weighted by atomic mass is 10.2. The lowest BCUT2D eigenvalue weighted by Gasteiger charge is -2.28. The molecule has 150 valence electrons. The molecular formula is C20H25N3O5. The van der Waals surface area contributed by atoms with Crippen molar-refractivity contribution in [3.63, 3.8) is 0 Å². The van der Waals surface area contributed by atoms with E-state index in [1.807, 2.05) is 6.07 Å². The quantitative estimate of drug-likeness (QED) is 0.796. The van der Waals surface area contributed by atoms with E-state index in [0.717, 1.165) is 0 Å². The zero-order chi connectivity index (χ0) is 20.9. The summed E-state index contributed by atoms with van der Waals surface area (Å²) in [5.74, 6) is -1.16. The van der Waals surface area contributed by atoms with Gasteiger partial charge >= 0.3 is 12.1 Å². The highest BCUT2D eigenvalue weighted by atomic mass is 16.6. The monoisotopic (exact) mass is 387 g/mol. The van der Waals surface area contributed by atoms with Crippen LogP contribution in [-0.2, 0) is 19.1 Å². The van der Waals surface area contributed by atoms with Gasteiger partial charge in [-0.15, -0.1) is 0 Å². The minimum Gasteiger partial charge on any atom is -0.451 e. The molecule has 0 saturated carbocycles. The molecule has 1 aliphatic heterocycles. The molecule has 0 bridgehead atoms. The number of hydrogen-bond donors (Lipinski definition) is 1. The van der Waals surface area contributed by atoms with Gasteiger partial charge in [-0.05, 0) is 58.7 Å². The molecule has 1 aromatic rings. The van der Waals surface area contributed by atoms with Crippen LogP contribution in [0.25, 0.3) is 0 Å². The first-order valence-electron chi connectivity index (χ1n) is 9.12. The Balaban J connectivity index is 1.95. The second kappa shape index (κ2) is 8.74. The summed E-state index contributed by atoms with van der Waals surface area (Å²) in [5.41, 5.74) is 0.170. The van der Waals surface area contributed by atoms with Gasteiger partial charge in [0.25, 0.3) is 5.91 Å². The molecule has 8 nitrogen and oxygen atoms in total. The van der Waals surface area contributed by atoms with Gasteiger partial charge in [0.1, 0.15) is 11.6 Å². The number of rotatable bonds is 4. The van der Waals surface area contributed by atoms with Crippen molar-refractivity contribution >= 4 is 23.7 Å². The van der Waals surface area contributed by atoms with E-state index in [4.69, 9.17) is 14.7 Å². The van der Waals surface area contributed by atoms with E-state index >= 15 is 0 Å². The molecule has 1 N–H and O–H groups in total. The van der Waals surface area contributed by atoms with Gasteiger partial charge in [-0.1, -0.05) is 6.07 Å². The number of nitriles is 1. The van der Waals surface area contributed by atoms with Gasteiger partial charge in [0.05, 0.1) is 11.6 Å². The van der Waals surface area contributed by atoms with Gasteiger partial charge in [-0.3, -0.25) is 9.69 Å². The highest BCUT2D eigenvalue weighted by molar-refractivity contribution is 5.95. The number of esters is 1. The van der Waals surface area contributed by atoms with Crippen LogP contribution in [0.1, 0.15) is 46.1 Å². The first-order chi connectivity index (χ1) is 13.1. The van der Waals surface area contributed by atoms with Crippen molar-refractivity contribution in [1.82, 2.24) is 4.90 Å². The molecule has 2 atom stereocenters. The number of carbonyl (C=O) groups excluding carboxylic acids is 3. The summed E-state index contributed by atoms with van der Waals surface area (Å²) in [6, 6.07) is 7.62. The highest BCUT2D eigenvalue weighted by Gasteiger charge is 2.38. The summed E-state index contributed by atoms with van der Waals surface area (Å²) in [4.78, 5) is 38.4. The van der Waals surface area contributed by atoms with Crippen LogP contribution in [0.15, 0.2) is 24.3 Å². The zero-order valence-electron chi connectivity index (χ0n) is 16.5. The second-order valence-electron chi connectivity index (χ2n) is 7.59. The van der Waals surface area contributed by atoms with E-state index in [2.05, 4.69) is 5.32 Å². The van der Waals surface area contributed by atoms with E-state index in [9.17, 15) is 14.4 Å². The Morgan fingerprint density at radius 3 is 2.68 bits per heavy atom. The number of hydrogen-bond acceptors (Lipinski definition) is 6. The summed E-state index contributed by atoms with van der Waals surface area (Å²) in [6.07, 6.45) is -0.520. The van der Waals surface area contributed by atoms with E-state index in [1.54, 1.807) is 39.0 Å². The summed E-state index contributed by atoms with van der Waals surface area (Å²) in [6.45, 7) is 7.11. The van der Waals surface area contributed by atoms with Crippen molar-refractivity contribution in [2.24, 2.45) is 0 Å². The Bertz CT molecular complexity index is 794. The van der Waals surface area contributed by atoms with Crippen LogP contribution in [0, 0.1) is 11.3 Å². The molecule has 0 radical (unpaired) electrons. The highest BCUT2D eigenvalue weighted by Crippen LogP contribution is 2.22. The maximum absolute atomic E-state index is 12.5. The SMILES string of the molecule is C[C@H](OC(=O)[C@@H]1CCCN1C(=O)OC(C)(C)C)C(=O)Nc1cccc(C#N)c1. The van der Waals surface area contributed by atoms with E-state index in [0.29, 0.717) is 30.6 Å². The summed E-state index contributed by atoms with van der Waals surface area (Å²) >= 11 is 0. The van der Waals surface area contributed by atoms with Gasteiger partial charge in [0.15, 0.2) is 6.10 Å². The third kappa shape index (κ3) is 5.71. The number of benzene rings is 1. The first-order valence-corrected chi connectivity index (χ1v) is 9.12. The van der Waals surface area contributed by atoms with Crippen molar-refractivity contribution in [3.05, 3.63) is 29.8 Å². The molecule has 1 heterocycles. The molecule has 0 aliphatic carbocycles. The molecule has 28 heavy (non-hydrogen) atoms. The van der Waals surface area contributed by atoms with Crippen molar-refractivity contribution < 1.29 is 23.9 Å². The van der Waals surface area contributed by atoms with Crippen LogP contribution < -0.4 is 5.32 Å². The largest absolute Gasteiger partial charge is 0.451 e. The fourth-order valence-corrected chi connectivity index (χ4v) is 2.77. The maximum atomic E-state index is 12.5. The minimum absolute atomic E-state index is 0.399. The Morgan fingerprint density at radius 1 is 1.32 bits per heavy atom. The van der Waals surface area contributed by atoms with E-state index in [-0.39, 0.29) is 0 Å². The number of nitrogens with one attached hydrogen (secondary N) is 1. The predicted molar refractivity (Wildman–Crippen MR) is 101 cm³/mol. The van der Waals surface area contributed by atoms with E-state index in [1.165, 1.54) is 17.9 Å². The van der Waals surface area contributed by atoms with Crippen molar-refractivity contribution in [2.45, 2.75) is 58.3 Å². The van der Waals surface area contributed by atoms with Gasteiger partial charge in [0, 0.05) is 12.2 Å². The van der Waals surface area contributed by atoms with Crippen molar-refractivity contribution in [1.29, 1.82) is 5.26 Å². The molecule has 0 aromatic heterocycles. The van der Waals surface area contributed by atoms with Crippen LogP contribution in [0.5, 0.6) is 0 Å². The van der Waals surface area contributed by atoms with Crippen molar-refractivity contribution in [2.75, 3.05) is 11.9 Å². The smallest absolute Gasteiger partial charge is 0.411 e. The first kappa shape index (κ1) is 21.2. The number of carbonyl (C=O) groups is 3. The Morgan fingerprint density at radius 2 is 2.04 bits per heavy atom. The normalized spacial score (nSPS) is 17.4. The summed E-state index contributed by atoms with van der Waals surface area (Å²) in [5, 5.41) is 11.5. The Hall–Kier alpha value is -3.08. The van der Waals surface area contributed by atoms with Crippen LogP contribution in [0.3, 0.4) is 0 Å². The standard InChI is InChI=1S/C20H25N3O5/c1-13(17(24)22-15-8-5-7-14(11-15)12-21)27-18(25)16-9-6-10-23(16)19(26)28-20(2,3)4/h5,7-8,11,13,16H,6,9-10H2,1-4H3,(H,22,24)/t13-,16-/m0/s1. The van der Waals surface area contributed by atoms with Gasteiger partial charge in [-0.2, -0.15) is 5.26 Å². The third-order valence-electron chi connectivity index (χ3n) is 4.07. The van der Waals surface area contributed by atoms with E-state index < -0.39 is 35.7 Å². The molecule has 1 aliphatic rings. The number of amides is 2. The predicted octanol–water partition coefficient (Wildman–Crippen LogP) is 2.83. The number of ether oxygens (including phenoxy) is 2. The van der Waals surface area contributed by atoms with Crippen LogP contribution in [0.4, 0.5) is 10.5 Å².